The Kier molecular flexibility index (Phi) is 5.18. The molecule has 22 heavy (non-hydrogen) atoms. The minimum Gasteiger partial charge on any atom is -0.444 e. The van der Waals surface area contributed by atoms with Gasteiger partial charge >= 0.3 is 6.09 Å². The second kappa shape index (κ2) is 6.91. The van der Waals surface area contributed by atoms with Gasteiger partial charge in [0.2, 0.25) is 0 Å². The zero-order valence-electron chi connectivity index (χ0n) is 13.4. The van der Waals surface area contributed by atoms with Gasteiger partial charge in [-0.15, -0.1) is 11.3 Å². The normalized spacial score (nSPS) is 11.5. The SMILES string of the molecule is Cn1cc(-c2csc(CCCNC(=O)OC(C)(C)C)n2)cn1. The number of thiazole rings is 1. The fourth-order valence-corrected chi connectivity index (χ4v) is 2.71. The highest BCUT2D eigenvalue weighted by Crippen LogP contribution is 2.21. The van der Waals surface area contributed by atoms with Crippen LogP contribution in [0.5, 0.6) is 0 Å². The summed E-state index contributed by atoms with van der Waals surface area (Å²) in [4.78, 5) is 16.1. The summed E-state index contributed by atoms with van der Waals surface area (Å²) >= 11 is 1.63. The van der Waals surface area contributed by atoms with E-state index in [-0.39, 0.29) is 6.09 Å². The predicted molar refractivity (Wildman–Crippen MR) is 86.9 cm³/mol. The van der Waals surface area contributed by atoms with Crippen molar-refractivity contribution >= 4 is 17.4 Å². The van der Waals surface area contributed by atoms with Crippen LogP contribution < -0.4 is 5.32 Å². The smallest absolute Gasteiger partial charge is 0.407 e. The number of ether oxygens (including phenoxy) is 1. The van der Waals surface area contributed by atoms with Gasteiger partial charge in [-0.25, -0.2) is 9.78 Å². The van der Waals surface area contributed by atoms with Crippen LogP contribution in [-0.4, -0.2) is 33.0 Å². The molecule has 0 aliphatic heterocycles. The average molecular weight is 322 g/mol. The van der Waals surface area contributed by atoms with Gasteiger partial charge in [-0.2, -0.15) is 5.10 Å². The molecule has 2 aromatic heterocycles. The molecular formula is C15H22N4O2S. The second-order valence-corrected chi connectivity index (χ2v) is 7.00. The lowest BCUT2D eigenvalue weighted by atomic mass is 10.2. The third-order valence-electron chi connectivity index (χ3n) is 2.79. The van der Waals surface area contributed by atoms with Crippen LogP contribution in [0.3, 0.4) is 0 Å². The Balaban J connectivity index is 1.74. The number of hydrogen-bond acceptors (Lipinski definition) is 5. The third kappa shape index (κ3) is 5.14. The van der Waals surface area contributed by atoms with E-state index in [2.05, 4.69) is 15.4 Å². The van der Waals surface area contributed by atoms with Crippen LogP contribution in [0.1, 0.15) is 32.2 Å². The van der Waals surface area contributed by atoms with Gasteiger partial charge in [0, 0.05) is 37.2 Å². The maximum atomic E-state index is 11.5. The zero-order chi connectivity index (χ0) is 16.2. The van der Waals surface area contributed by atoms with E-state index in [0.29, 0.717) is 6.54 Å². The summed E-state index contributed by atoms with van der Waals surface area (Å²) in [7, 11) is 1.89. The van der Waals surface area contributed by atoms with Crippen LogP contribution in [0.2, 0.25) is 0 Å². The van der Waals surface area contributed by atoms with Crippen LogP contribution in [0.4, 0.5) is 4.79 Å². The van der Waals surface area contributed by atoms with Gasteiger partial charge in [-0.3, -0.25) is 4.68 Å². The molecule has 0 radical (unpaired) electrons. The number of carbonyl (C=O) groups is 1. The number of aryl methyl sites for hydroxylation is 2. The van der Waals surface area contributed by atoms with Crippen LogP contribution >= 0.6 is 11.3 Å². The van der Waals surface area contributed by atoms with E-state index >= 15 is 0 Å². The van der Waals surface area contributed by atoms with Crippen molar-refractivity contribution < 1.29 is 9.53 Å². The van der Waals surface area contributed by atoms with Crippen molar-refractivity contribution in [2.45, 2.75) is 39.2 Å². The highest BCUT2D eigenvalue weighted by molar-refractivity contribution is 7.09. The topological polar surface area (TPSA) is 69.0 Å². The molecule has 0 saturated heterocycles. The predicted octanol–water partition coefficient (Wildman–Crippen LogP) is 3.00. The summed E-state index contributed by atoms with van der Waals surface area (Å²) in [6, 6.07) is 0. The number of nitrogens with zero attached hydrogens (tertiary/aromatic N) is 3. The first kappa shape index (κ1) is 16.5. The fraction of sp³-hybridized carbons (Fsp3) is 0.533. The van der Waals surface area contributed by atoms with Crippen LogP contribution in [-0.2, 0) is 18.2 Å². The quantitative estimate of drug-likeness (QED) is 0.859. The summed E-state index contributed by atoms with van der Waals surface area (Å²) in [6.07, 6.45) is 5.05. The maximum absolute atomic E-state index is 11.5. The van der Waals surface area contributed by atoms with E-state index in [9.17, 15) is 4.79 Å². The van der Waals surface area contributed by atoms with Gasteiger partial charge in [0.05, 0.1) is 16.9 Å². The molecule has 2 heterocycles. The molecule has 0 aliphatic rings. The van der Waals surface area contributed by atoms with E-state index in [4.69, 9.17) is 4.74 Å². The minimum atomic E-state index is -0.460. The van der Waals surface area contributed by atoms with E-state index in [1.165, 1.54) is 0 Å². The van der Waals surface area contributed by atoms with Gasteiger partial charge in [0.1, 0.15) is 5.60 Å². The first-order chi connectivity index (χ1) is 10.3. The molecule has 0 aliphatic carbocycles. The van der Waals surface area contributed by atoms with Crippen molar-refractivity contribution in [1.82, 2.24) is 20.1 Å². The van der Waals surface area contributed by atoms with Crippen LogP contribution in [0.15, 0.2) is 17.8 Å². The Hall–Kier alpha value is -1.89. The summed E-state index contributed by atoms with van der Waals surface area (Å²) in [6.45, 7) is 6.13. The Morgan fingerprint density at radius 2 is 2.23 bits per heavy atom. The van der Waals surface area contributed by atoms with Crippen molar-refractivity contribution in [1.29, 1.82) is 0 Å². The number of hydrogen-bond donors (Lipinski definition) is 1. The lowest BCUT2D eigenvalue weighted by molar-refractivity contribution is 0.0527. The molecule has 1 amide bonds. The molecule has 0 atom stereocenters. The first-order valence-electron chi connectivity index (χ1n) is 7.24. The van der Waals surface area contributed by atoms with Crippen LogP contribution in [0.25, 0.3) is 11.3 Å². The van der Waals surface area contributed by atoms with Crippen LogP contribution in [0, 0.1) is 0 Å². The number of amides is 1. The number of alkyl carbamates (subject to hydrolysis) is 1. The molecule has 1 N–H and O–H groups in total. The number of nitrogens with one attached hydrogen (secondary N) is 1. The Morgan fingerprint density at radius 1 is 1.45 bits per heavy atom. The molecule has 0 saturated carbocycles. The number of aromatic nitrogens is 3. The summed E-state index contributed by atoms with van der Waals surface area (Å²) in [5.74, 6) is 0. The summed E-state index contributed by atoms with van der Waals surface area (Å²) < 4.78 is 6.94. The molecule has 0 spiro atoms. The Morgan fingerprint density at radius 3 is 2.86 bits per heavy atom. The largest absolute Gasteiger partial charge is 0.444 e. The van der Waals surface area contributed by atoms with Gasteiger partial charge in [0.25, 0.3) is 0 Å². The molecule has 0 bridgehead atoms. The molecule has 0 unspecified atom stereocenters. The van der Waals surface area contributed by atoms with E-state index in [0.717, 1.165) is 29.1 Å². The van der Waals surface area contributed by atoms with Crippen molar-refractivity contribution in [3.63, 3.8) is 0 Å². The van der Waals surface area contributed by atoms with Crippen molar-refractivity contribution in [3.05, 3.63) is 22.8 Å². The highest BCUT2D eigenvalue weighted by atomic mass is 32.1. The number of carbonyl (C=O) groups excluding carboxylic acids is 1. The summed E-state index contributed by atoms with van der Waals surface area (Å²) in [5.41, 5.74) is 1.52. The molecule has 0 fully saturated rings. The monoisotopic (exact) mass is 322 g/mol. The second-order valence-electron chi connectivity index (χ2n) is 6.06. The lowest BCUT2D eigenvalue weighted by Crippen LogP contribution is -2.33. The third-order valence-corrected chi connectivity index (χ3v) is 3.70. The van der Waals surface area contributed by atoms with E-state index < -0.39 is 5.60 Å². The summed E-state index contributed by atoms with van der Waals surface area (Å²) in [5, 5.41) is 10.00. The fourth-order valence-electron chi connectivity index (χ4n) is 1.86. The van der Waals surface area contributed by atoms with Crippen molar-refractivity contribution in [2.75, 3.05) is 6.54 Å². The standard InChI is InChI=1S/C15H22N4O2S/c1-15(2,3)21-14(20)16-7-5-6-13-18-12(10-22-13)11-8-17-19(4)9-11/h8-10H,5-7H2,1-4H3,(H,16,20). The lowest BCUT2D eigenvalue weighted by Gasteiger charge is -2.19. The Labute approximate surface area is 134 Å². The molecule has 2 rings (SSSR count). The minimum absolute atomic E-state index is 0.373. The van der Waals surface area contributed by atoms with E-state index in [1.807, 2.05) is 45.6 Å². The number of rotatable bonds is 5. The zero-order valence-corrected chi connectivity index (χ0v) is 14.2. The molecule has 2 aromatic rings. The van der Waals surface area contributed by atoms with Gasteiger partial charge in [-0.05, 0) is 27.2 Å². The first-order valence-corrected chi connectivity index (χ1v) is 8.12. The van der Waals surface area contributed by atoms with Gasteiger partial charge in [0.15, 0.2) is 0 Å². The van der Waals surface area contributed by atoms with Gasteiger partial charge in [-0.1, -0.05) is 0 Å². The molecule has 120 valence electrons. The Bertz CT molecular complexity index is 628. The highest BCUT2D eigenvalue weighted by Gasteiger charge is 2.15. The molecule has 7 heteroatoms. The maximum Gasteiger partial charge on any atom is 0.407 e. The van der Waals surface area contributed by atoms with Crippen molar-refractivity contribution in [3.8, 4) is 11.3 Å². The molecule has 0 aromatic carbocycles. The van der Waals surface area contributed by atoms with E-state index in [1.54, 1.807) is 16.0 Å². The van der Waals surface area contributed by atoms with Crippen molar-refractivity contribution in [2.24, 2.45) is 7.05 Å². The molecule has 6 nitrogen and oxygen atoms in total. The average Bonchev–Trinajstić information content (AvgIpc) is 3.01. The van der Waals surface area contributed by atoms with Gasteiger partial charge < -0.3 is 10.1 Å². The molecular weight excluding hydrogens is 300 g/mol.